The molecular formula is C24H23Cl2FN2O4. The van der Waals surface area contributed by atoms with Crippen LogP contribution in [0.4, 0.5) is 4.39 Å². The lowest BCUT2D eigenvalue weighted by Crippen LogP contribution is -2.41. The highest BCUT2D eigenvalue weighted by molar-refractivity contribution is 6.31. The van der Waals surface area contributed by atoms with Crippen LogP contribution in [-0.2, 0) is 4.79 Å². The number of carbonyl (C=O) groups excluding carboxylic acids is 2. The summed E-state index contributed by atoms with van der Waals surface area (Å²) in [6, 6.07) is 11.0. The minimum atomic E-state index is -0.593. The maximum Gasteiger partial charge on any atom is 0.287 e. The molecule has 2 aromatic carbocycles. The van der Waals surface area contributed by atoms with Crippen molar-refractivity contribution >= 4 is 46.0 Å². The second-order valence-electron chi connectivity index (χ2n) is 8.15. The van der Waals surface area contributed by atoms with Crippen LogP contribution in [0.2, 0.25) is 10.0 Å². The number of ether oxygens (including phenoxy) is 1. The fourth-order valence-corrected chi connectivity index (χ4v) is 4.24. The normalized spacial score (nSPS) is 18.2. The molecule has 6 nitrogen and oxygen atoms in total. The Bertz CT molecular complexity index is 1160. The van der Waals surface area contributed by atoms with E-state index in [1.807, 2.05) is 0 Å². The van der Waals surface area contributed by atoms with E-state index in [9.17, 15) is 14.0 Å². The van der Waals surface area contributed by atoms with E-state index in [1.54, 1.807) is 24.3 Å². The van der Waals surface area contributed by atoms with E-state index >= 15 is 0 Å². The number of halogens is 3. The van der Waals surface area contributed by atoms with Crippen molar-refractivity contribution in [2.45, 2.75) is 31.7 Å². The first kappa shape index (κ1) is 23.4. The quantitative estimate of drug-likeness (QED) is 0.464. The maximum atomic E-state index is 13.4. The van der Waals surface area contributed by atoms with Crippen LogP contribution in [-0.4, -0.2) is 31.0 Å². The fourth-order valence-electron chi connectivity index (χ4n) is 3.95. The molecule has 3 aromatic rings. The van der Waals surface area contributed by atoms with Crippen molar-refractivity contribution in [2.24, 2.45) is 5.92 Å². The van der Waals surface area contributed by atoms with Gasteiger partial charge < -0.3 is 19.8 Å². The first-order valence-corrected chi connectivity index (χ1v) is 11.5. The van der Waals surface area contributed by atoms with Gasteiger partial charge in [-0.05, 0) is 68.0 Å². The molecule has 1 saturated carbocycles. The molecule has 1 aromatic heterocycles. The van der Waals surface area contributed by atoms with Crippen molar-refractivity contribution in [2.75, 3.05) is 13.2 Å². The van der Waals surface area contributed by atoms with E-state index < -0.39 is 5.82 Å². The molecule has 174 valence electrons. The molecule has 0 radical (unpaired) electrons. The summed E-state index contributed by atoms with van der Waals surface area (Å²) in [5, 5.41) is 7.26. The predicted octanol–water partition coefficient (Wildman–Crippen LogP) is 5.36. The number of fused-ring (bicyclic) bond motifs is 1. The molecule has 0 spiro atoms. The number of nitrogens with one attached hydrogen (secondary N) is 2. The van der Waals surface area contributed by atoms with E-state index in [4.69, 9.17) is 32.4 Å². The largest absolute Gasteiger partial charge is 0.484 e. The molecule has 1 aliphatic rings. The molecule has 0 aliphatic heterocycles. The molecule has 1 aliphatic carbocycles. The van der Waals surface area contributed by atoms with Crippen LogP contribution in [0.3, 0.4) is 0 Å². The number of furan rings is 1. The SMILES string of the molecule is O=C(COc1ccc(Cl)c(F)c1)NC1CCC(CNC(=O)c2cc3cc(Cl)ccc3o2)CC1. The Hall–Kier alpha value is -2.77. The first-order chi connectivity index (χ1) is 15.9. The minimum absolute atomic E-state index is 0.00209. The topological polar surface area (TPSA) is 80.6 Å². The molecule has 0 unspecified atom stereocenters. The third-order valence-electron chi connectivity index (χ3n) is 5.73. The number of rotatable bonds is 7. The summed E-state index contributed by atoms with van der Waals surface area (Å²) in [6.45, 7) is 0.350. The van der Waals surface area contributed by atoms with Crippen LogP contribution < -0.4 is 15.4 Å². The highest BCUT2D eigenvalue weighted by Crippen LogP contribution is 2.25. The van der Waals surface area contributed by atoms with Crippen molar-refractivity contribution in [3.63, 3.8) is 0 Å². The summed E-state index contributed by atoms with van der Waals surface area (Å²) in [7, 11) is 0. The van der Waals surface area contributed by atoms with Crippen molar-refractivity contribution < 1.29 is 23.1 Å². The lowest BCUT2D eigenvalue weighted by Gasteiger charge is -2.29. The smallest absolute Gasteiger partial charge is 0.287 e. The standard InChI is InChI=1S/C24H23Cl2FN2O4/c25-16-3-8-21-15(9-16)10-22(33-21)24(31)28-12-14-1-4-17(5-2-14)29-23(30)13-32-18-6-7-19(26)20(27)11-18/h3,6-11,14,17H,1-2,4-5,12-13H2,(H,28,31)(H,29,30). The van der Waals surface area contributed by atoms with Gasteiger partial charge in [0.05, 0.1) is 5.02 Å². The highest BCUT2D eigenvalue weighted by atomic mass is 35.5. The number of hydrogen-bond acceptors (Lipinski definition) is 4. The molecule has 9 heteroatoms. The van der Waals surface area contributed by atoms with Gasteiger partial charge in [0.15, 0.2) is 12.4 Å². The van der Waals surface area contributed by atoms with Gasteiger partial charge in [0.25, 0.3) is 11.8 Å². The van der Waals surface area contributed by atoms with Gasteiger partial charge in [0.2, 0.25) is 0 Å². The zero-order valence-corrected chi connectivity index (χ0v) is 19.2. The van der Waals surface area contributed by atoms with Crippen molar-refractivity contribution in [3.05, 3.63) is 64.1 Å². The number of hydrogen-bond donors (Lipinski definition) is 2. The number of benzene rings is 2. The molecule has 4 rings (SSSR count). The van der Waals surface area contributed by atoms with Gasteiger partial charge in [-0.2, -0.15) is 0 Å². The van der Waals surface area contributed by atoms with Gasteiger partial charge in [-0.25, -0.2) is 4.39 Å². The molecule has 0 atom stereocenters. The molecule has 33 heavy (non-hydrogen) atoms. The van der Waals surface area contributed by atoms with Crippen LogP contribution >= 0.6 is 23.2 Å². The third-order valence-corrected chi connectivity index (χ3v) is 6.27. The van der Waals surface area contributed by atoms with E-state index in [1.165, 1.54) is 12.1 Å². The summed E-state index contributed by atoms with van der Waals surface area (Å²) in [4.78, 5) is 24.6. The van der Waals surface area contributed by atoms with E-state index in [2.05, 4.69) is 10.6 Å². The average molecular weight is 493 g/mol. The fraction of sp³-hybridized carbons (Fsp3) is 0.333. The maximum absolute atomic E-state index is 13.4. The summed E-state index contributed by atoms with van der Waals surface area (Å²) < 4.78 is 24.4. The van der Waals surface area contributed by atoms with E-state index in [0.717, 1.165) is 37.1 Å². The van der Waals surface area contributed by atoms with Gasteiger partial charge in [-0.3, -0.25) is 9.59 Å². The van der Waals surface area contributed by atoms with Crippen LogP contribution in [0.15, 0.2) is 46.9 Å². The predicted molar refractivity (Wildman–Crippen MR) is 124 cm³/mol. The Morgan fingerprint density at radius 2 is 1.85 bits per heavy atom. The van der Waals surface area contributed by atoms with Gasteiger partial charge in [-0.1, -0.05) is 23.2 Å². The Morgan fingerprint density at radius 3 is 2.61 bits per heavy atom. The average Bonchev–Trinajstić information content (AvgIpc) is 3.22. The highest BCUT2D eigenvalue weighted by Gasteiger charge is 2.23. The molecular weight excluding hydrogens is 470 g/mol. The number of amides is 2. The first-order valence-electron chi connectivity index (χ1n) is 10.7. The van der Waals surface area contributed by atoms with Gasteiger partial charge in [0.1, 0.15) is 17.1 Å². The lowest BCUT2D eigenvalue weighted by atomic mass is 9.86. The van der Waals surface area contributed by atoms with E-state index in [-0.39, 0.29) is 41.0 Å². The molecule has 0 saturated heterocycles. The lowest BCUT2D eigenvalue weighted by molar-refractivity contribution is -0.124. The van der Waals surface area contributed by atoms with Crippen LogP contribution in [0, 0.1) is 11.7 Å². The van der Waals surface area contributed by atoms with Gasteiger partial charge >= 0.3 is 0 Å². The summed E-state index contributed by atoms with van der Waals surface area (Å²) >= 11 is 11.6. The van der Waals surface area contributed by atoms with Crippen LogP contribution in [0.1, 0.15) is 36.2 Å². The van der Waals surface area contributed by atoms with Crippen LogP contribution in [0.25, 0.3) is 11.0 Å². The van der Waals surface area contributed by atoms with Gasteiger partial charge in [-0.15, -0.1) is 0 Å². The molecule has 1 heterocycles. The monoisotopic (exact) mass is 492 g/mol. The number of carbonyl (C=O) groups is 2. The second-order valence-corrected chi connectivity index (χ2v) is 9.00. The summed E-state index contributed by atoms with van der Waals surface area (Å²) in [6.07, 6.45) is 3.38. The molecule has 2 amide bonds. The molecule has 2 N–H and O–H groups in total. The Morgan fingerprint density at radius 1 is 1.06 bits per heavy atom. The zero-order valence-electron chi connectivity index (χ0n) is 17.7. The van der Waals surface area contributed by atoms with Crippen molar-refractivity contribution in [3.8, 4) is 5.75 Å². The van der Waals surface area contributed by atoms with Crippen LogP contribution in [0.5, 0.6) is 5.75 Å². The summed E-state index contributed by atoms with van der Waals surface area (Å²) in [5.74, 6) is -0.271. The van der Waals surface area contributed by atoms with Gasteiger partial charge in [0, 0.05) is 29.1 Å². The molecule has 1 fully saturated rings. The third kappa shape index (κ3) is 6.18. The summed E-state index contributed by atoms with van der Waals surface area (Å²) in [5.41, 5.74) is 0.617. The second kappa shape index (κ2) is 10.4. The minimum Gasteiger partial charge on any atom is -0.484 e. The Balaban J connectivity index is 1.17. The Kier molecular flexibility index (Phi) is 7.40. The Labute approximate surface area is 200 Å². The van der Waals surface area contributed by atoms with Crippen molar-refractivity contribution in [1.82, 2.24) is 10.6 Å². The van der Waals surface area contributed by atoms with E-state index in [0.29, 0.717) is 23.1 Å². The molecule has 0 bridgehead atoms. The van der Waals surface area contributed by atoms with Crippen molar-refractivity contribution in [1.29, 1.82) is 0 Å². The zero-order chi connectivity index (χ0) is 23.4.